The molecular weight excluding hydrogens is 230 g/mol. The third-order valence-electron chi connectivity index (χ3n) is 2.01. The smallest absolute Gasteiger partial charge is 0.257 e. The molecule has 8 heteroatoms. The van der Waals surface area contributed by atoms with Crippen LogP contribution >= 0.6 is 0 Å². The van der Waals surface area contributed by atoms with Gasteiger partial charge < -0.3 is 4.57 Å². The standard InChI is InChI=1S/C8H11N5O2S/c1-12-3-2-7(11-12)4-13-5-8(10-6-13)16(9,14)15/h2-3,5-6H,4H2,1H3,(H2,9,14,15). The van der Waals surface area contributed by atoms with Crippen molar-refractivity contribution < 1.29 is 8.42 Å². The van der Waals surface area contributed by atoms with Gasteiger partial charge in [-0.15, -0.1) is 0 Å². The lowest BCUT2D eigenvalue weighted by Crippen LogP contribution is -2.12. The Morgan fingerprint density at radius 2 is 2.25 bits per heavy atom. The average molecular weight is 241 g/mol. The highest BCUT2D eigenvalue weighted by Crippen LogP contribution is 2.04. The van der Waals surface area contributed by atoms with Crippen molar-refractivity contribution in [2.24, 2.45) is 12.2 Å². The van der Waals surface area contributed by atoms with Crippen LogP contribution in [-0.2, 0) is 23.6 Å². The summed E-state index contributed by atoms with van der Waals surface area (Å²) in [6, 6.07) is 1.84. The van der Waals surface area contributed by atoms with Crippen LogP contribution in [-0.4, -0.2) is 27.7 Å². The van der Waals surface area contributed by atoms with Crippen molar-refractivity contribution in [2.45, 2.75) is 11.6 Å². The molecular formula is C8H11N5O2S. The minimum atomic E-state index is -3.73. The number of nitrogens with zero attached hydrogens (tertiary/aromatic N) is 4. The number of rotatable bonds is 3. The summed E-state index contributed by atoms with van der Waals surface area (Å²) in [4.78, 5) is 3.71. The maximum Gasteiger partial charge on any atom is 0.257 e. The van der Waals surface area contributed by atoms with Gasteiger partial charge in [-0.3, -0.25) is 4.68 Å². The Balaban J connectivity index is 2.21. The Kier molecular flexibility index (Phi) is 2.52. The fraction of sp³-hybridized carbons (Fsp3) is 0.250. The molecule has 2 aromatic heterocycles. The molecule has 7 nitrogen and oxygen atoms in total. The van der Waals surface area contributed by atoms with E-state index >= 15 is 0 Å². The maximum absolute atomic E-state index is 11.0. The Bertz CT molecular complexity index is 597. The summed E-state index contributed by atoms with van der Waals surface area (Å²) in [7, 11) is -1.91. The number of primary sulfonamides is 1. The summed E-state index contributed by atoms with van der Waals surface area (Å²) in [5, 5.41) is 8.97. The molecule has 0 unspecified atom stereocenters. The number of aryl methyl sites for hydroxylation is 1. The quantitative estimate of drug-likeness (QED) is 0.769. The molecule has 2 aromatic rings. The van der Waals surface area contributed by atoms with E-state index in [-0.39, 0.29) is 5.03 Å². The second-order valence-electron chi connectivity index (χ2n) is 3.41. The first-order chi connectivity index (χ1) is 7.45. The molecule has 0 saturated heterocycles. The molecule has 86 valence electrons. The van der Waals surface area contributed by atoms with Gasteiger partial charge in [-0.1, -0.05) is 0 Å². The Morgan fingerprint density at radius 3 is 2.75 bits per heavy atom. The van der Waals surface area contributed by atoms with Gasteiger partial charge in [0.25, 0.3) is 10.0 Å². The highest BCUT2D eigenvalue weighted by molar-refractivity contribution is 7.89. The second-order valence-corrected chi connectivity index (χ2v) is 4.92. The van der Waals surface area contributed by atoms with Crippen molar-refractivity contribution in [2.75, 3.05) is 0 Å². The normalized spacial score (nSPS) is 11.9. The van der Waals surface area contributed by atoms with Crippen LogP contribution in [0.2, 0.25) is 0 Å². The van der Waals surface area contributed by atoms with Crippen LogP contribution in [0.25, 0.3) is 0 Å². The van der Waals surface area contributed by atoms with Gasteiger partial charge >= 0.3 is 0 Å². The molecule has 0 amide bonds. The summed E-state index contributed by atoms with van der Waals surface area (Å²) in [6.07, 6.45) is 4.60. The zero-order chi connectivity index (χ0) is 11.8. The van der Waals surface area contributed by atoms with E-state index in [9.17, 15) is 8.42 Å². The molecule has 16 heavy (non-hydrogen) atoms. The van der Waals surface area contributed by atoms with Crippen LogP contribution in [0.15, 0.2) is 29.8 Å². The van der Waals surface area contributed by atoms with Crippen LogP contribution < -0.4 is 5.14 Å². The molecule has 0 bridgehead atoms. The van der Waals surface area contributed by atoms with Crippen molar-refractivity contribution in [3.8, 4) is 0 Å². The molecule has 0 aliphatic rings. The molecule has 2 heterocycles. The van der Waals surface area contributed by atoms with Gasteiger partial charge in [0.1, 0.15) is 0 Å². The van der Waals surface area contributed by atoms with Crippen LogP contribution in [0.3, 0.4) is 0 Å². The first kappa shape index (κ1) is 10.8. The van der Waals surface area contributed by atoms with E-state index in [0.29, 0.717) is 6.54 Å². The fourth-order valence-corrected chi connectivity index (χ4v) is 1.78. The van der Waals surface area contributed by atoms with Gasteiger partial charge in [0.05, 0.1) is 18.6 Å². The highest BCUT2D eigenvalue weighted by Gasteiger charge is 2.11. The second kappa shape index (κ2) is 3.72. The molecule has 2 N–H and O–H groups in total. The van der Waals surface area contributed by atoms with Crippen molar-refractivity contribution in [3.05, 3.63) is 30.5 Å². The van der Waals surface area contributed by atoms with Crippen molar-refractivity contribution in [1.29, 1.82) is 0 Å². The summed E-state index contributed by atoms with van der Waals surface area (Å²) in [5.74, 6) is 0. The first-order valence-corrected chi connectivity index (χ1v) is 6.03. The Morgan fingerprint density at radius 1 is 1.50 bits per heavy atom. The van der Waals surface area contributed by atoms with Gasteiger partial charge in [-0.25, -0.2) is 18.5 Å². The predicted octanol–water partition coefficient (Wildman–Crippen LogP) is -0.688. The van der Waals surface area contributed by atoms with Crippen molar-refractivity contribution in [1.82, 2.24) is 19.3 Å². The molecule has 0 radical (unpaired) electrons. The number of nitrogens with two attached hydrogens (primary N) is 1. The molecule has 0 aromatic carbocycles. The van der Waals surface area contributed by atoms with Gasteiger partial charge in [-0.2, -0.15) is 5.10 Å². The molecule has 0 saturated carbocycles. The first-order valence-electron chi connectivity index (χ1n) is 4.48. The van der Waals surface area contributed by atoms with Crippen molar-refractivity contribution in [3.63, 3.8) is 0 Å². The van der Waals surface area contributed by atoms with Crippen LogP contribution in [0.1, 0.15) is 5.69 Å². The monoisotopic (exact) mass is 241 g/mol. The average Bonchev–Trinajstić information content (AvgIpc) is 2.74. The van der Waals surface area contributed by atoms with E-state index in [1.165, 1.54) is 12.5 Å². The largest absolute Gasteiger partial charge is 0.330 e. The van der Waals surface area contributed by atoms with Gasteiger partial charge in [0, 0.05) is 19.4 Å². The zero-order valence-electron chi connectivity index (χ0n) is 8.61. The molecule has 0 aliphatic carbocycles. The van der Waals surface area contributed by atoms with E-state index in [4.69, 9.17) is 5.14 Å². The Hall–Kier alpha value is -1.67. The van der Waals surface area contributed by atoms with Crippen LogP contribution in [0.4, 0.5) is 0 Å². The minimum Gasteiger partial charge on any atom is -0.330 e. The molecule has 0 spiro atoms. The summed E-state index contributed by atoms with van der Waals surface area (Å²) >= 11 is 0. The number of hydrogen-bond donors (Lipinski definition) is 1. The van der Waals surface area contributed by atoms with E-state index < -0.39 is 10.0 Å². The van der Waals surface area contributed by atoms with Gasteiger partial charge in [0.15, 0.2) is 5.03 Å². The SMILES string of the molecule is Cn1ccc(Cn2cnc(S(N)(=O)=O)c2)n1. The lowest BCUT2D eigenvalue weighted by Gasteiger charge is -1.96. The van der Waals surface area contributed by atoms with E-state index in [1.807, 2.05) is 19.3 Å². The van der Waals surface area contributed by atoms with Gasteiger partial charge in [-0.05, 0) is 6.07 Å². The maximum atomic E-state index is 11.0. The third kappa shape index (κ3) is 2.28. The molecule has 0 aliphatic heterocycles. The predicted molar refractivity (Wildman–Crippen MR) is 55.9 cm³/mol. The summed E-state index contributed by atoms with van der Waals surface area (Å²) in [6.45, 7) is 0.462. The van der Waals surface area contributed by atoms with Crippen LogP contribution in [0, 0.1) is 0 Å². The molecule has 0 fully saturated rings. The Labute approximate surface area is 92.6 Å². The number of imidazole rings is 1. The van der Waals surface area contributed by atoms with Gasteiger partial charge in [0.2, 0.25) is 0 Å². The summed E-state index contributed by atoms with van der Waals surface area (Å²) in [5.41, 5.74) is 0.820. The minimum absolute atomic E-state index is 0.136. The number of sulfonamides is 1. The molecule has 0 atom stereocenters. The summed E-state index contributed by atoms with van der Waals surface area (Å²) < 4.78 is 25.3. The van der Waals surface area contributed by atoms with E-state index in [1.54, 1.807) is 9.25 Å². The zero-order valence-corrected chi connectivity index (χ0v) is 9.42. The topological polar surface area (TPSA) is 95.8 Å². The van der Waals surface area contributed by atoms with Crippen molar-refractivity contribution >= 4 is 10.0 Å². The fourth-order valence-electron chi connectivity index (χ4n) is 1.31. The van der Waals surface area contributed by atoms with E-state index in [0.717, 1.165) is 5.69 Å². The van der Waals surface area contributed by atoms with E-state index in [2.05, 4.69) is 10.1 Å². The van der Waals surface area contributed by atoms with Crippen LogP contribution in [0.5, 0.6) is 0 Å². The number of aromatic nitrogens is 4. The number of hydrogen-bond acceptors (Lipinski definition) is 4. The lowest BCUT2D eigenvalue weighted by atomic mass is 10.4. The molecule has 2 rings (SSSR count). The highest BCUT2D eigenvalue weighted by atomic mass is 32.2. The lowest BCUT2D eigenvalue weighted by molar-refractivity contribution is 0.594. The third-order valence-corrected chi connectivity index (χ3v) is 2.81.